The SMILES string of the molecule is C=C(C)n1cc(Br)nc(S(C)(=O)=O)c1=NC.CC. The highest BCUT2D eigenvalue weighted by atomic mass is 79.9. The molecule has 1 heterocycles. The summed E-state index contributed by atoms with van der Waals surface area (Å²) in [7, 11) is -1.91. The Morgan fingerprint density at radius 1 is 1.50 bits per heavy atom. The highest BCUT2D eigenvalue weighted by molar-refractivity contribution is 9.10. The zero-order valence-corrected chi connectivity index (χ0v) is 13.6. The van der Waals surface area contributed by atoms with Gasteiger partial charge in [-0.1, -0.05) is 20.4 Å². The molecule has 0 fully saturated rings. The van der Waals surface area contributed by atoms with Crippen LogP contribution in [-0.2, 0) is 9.84 Å². The zero-order valence-electron chi connectivity index (χ0n) is 11.2. The molecule has 0 radical (unpaired) electrons. The maximum atomic E-state index is 11.6. The summed E-state index contributed by atoms with van der Waals surface area (Å²) in [6, 6.07) is 0. The predicted molar refractivity (Wildman–Crippen MR) is 76.9 cm³/mol. The molecule has 102 valence electrons. The van der Waals surface area contributed by atoms with Crippen molar-refractivity contribution in [1.82, 2.24) is 9.55 Å². The summed E-state index contributed by atoms with van der Waals surface area (Å²) in [5.41, 5.74) is 0.937. The van der Waals surface area contributed by atoms with Gasteiger partial charge in [-0.2, -0.15) is 0 Å². The molecule has 0 aliphatic carbocycles. The van der Waals surface area contributed by atoms with E-state index in [1.54, 1.807) is 17.7 Å². The predicted octanol–water partition coefficient (Wildman–Crippen LogP) is 2.10. The van der Waals surface area contributed by atoms with Gasteiger partial charge in [0, 0.05) is 25.2 Å². The van der Waals surface area contributed by atoms with Crippen molar-refractivity contribution in [3.8, 4) is 0 Å². The van der Waals surface area contributed by atoms with Gasteiger partial charge in [-0.3, -0.25) is 4.99 Å². The summed E-state index contributed by atoms with van der Waals surface area (Å²) in [6.07, 6.45) is 2.72. The number of rotatable bonds is 2. The van der Waals surface area contributed by atoms with Gasteiger partial charge in [0.05, 0.1) is 0 Å². The lowest BCUT2D eigenvalue weighted by Crippen LogP contribution is -2.27. The topological polar surface area (TPSA) is 64.3 Å². The van der Waals surface area contributed by atoms with Crippen LogP contribution in [0.3, 0.4) is 0 Å². The summed E-state index contributed by atoms with van der Waals surface area (Å²) in [5.74, 6) is 0. The van der Waals surface area contributed by atoms with Crippen LogP contribution in [0.15, 0.2) is 27.4 Å². The second-order valence-electron chi connectivity index (χ2n) is 3.29. The molecule has 0 atom stereocenters. The summed E-state index contributed by atoms with van der Waals surface area (Å²) >= 11 is 3.16. The first-order chi connectivity index (χ1) is 8.27. The molecule has 0 amide bonds. The van der Waals surface area contributed by atoms with Gasteiger partial charge >= 0.3 is 0 Å². The standard InChI is InChI=1S/C9H12BrN3O2S.C2H6/c1-6(2)13-5-7(10)12-9(8(13)11-3)16(4,14)15;1-2/h5H,1H2,2-4H3;1-2H3. The molecule has 1 aromatic heterocycles. The average Bonchev–Trinajstić information content (AvgIpc) is 2.29. The first-order valence-corrected chi connectivity index (χ1v) is 8.03. The highest BCUT2D eigenvalue weighted by Crippen LogP contribution is 2.09. The van der Waals surface area contributed by atoms with Gasteiger partial charge in [0.1, 0.15) is 4.60 Å². The van der Waals surface area contributed by atoms with E-state index in [1.165, 1.54) is 7.05 Å². The van der Waals surface area contributed by atoms with E-state index in [4.69, 9.17) is 0 Å². The van der Waals surface area contributed by atoms with E-state index < -0.39 is 9.84 Å². The molecule has 0 N–H and O–H groups in total. The first-order valence-electron chi connectivity index (χ1n) is 5.35. The molecule has 1 rings (SSSR count). The lowest BCUT2D eigenvalue weighted by atomic mass is 10.5. The molecular formula is C11H18BrN3O2S. The largest absolute Gasteiger partial charge is 0.302 e. The fourth-order valence-corrected chi connectivity index (χ4v) is 2.47. The van der Waals surface area contributed by atoms with E-state index in [-0.39, 0.29) is 10.5 Å². The van der Waals surface area contributed by atoms with Crippen LogP contribution in [0, 0.1) is 0 Å². The molecule has 7 heteroatoms. The zero-order chi connectivity index (χ0) is 14.5. The number of hydrogen-bond acceptors (Lipinski definition) is 4. The van der Waals surface area contributed by atoms with Crippen molar-refractivity contribution in [2.45, 2.75) is 25.8 Å². The summed E-state index contributed by atoms with van der Waals surface area (Å²) in [4.78, 5) is 7.87. The van der Waals surface area contributed by atoms with Crippen molar-refractivity contribution in [2.24, 2.45) is 4.99 Å². The Morgan fingerprint density at radius 3 is 2.33 bits per heavy atom. The molecule has 0 unspecified atom stereocenters. The van der Waals surface area contributed by atoms with Crippen molar-refractivity contribution in [1.29, 1.82) is 0 Å². The van der Waals surface area contributed by atoms with Crippen molar-refractivity contribution >= 4 is 31.5 Å². The fraction of sp³-hybridized carbons (Fsp3) is 0.455. The second kappa shape index (κ2) is 6.84. The Labute approximate surface area is 116 Å². The summed E-state index contributed by atoms with van der Waals surface area (Å²) in [5, 5.41) is -0.0626. The van der Waals surface area contributed by atoms with E-state index >= 15 is 0 Å². The number of sulfone groups is 1. The molecule has 0 saturated heterocycles. The van der Waals surface area contributed by atoms with E-state index in [9.17, 15) is 8.42 Å². The van der Waals surface area contributed by atoms with Gasteiger partial charge in [-0.25, -0.2) is 13.4 Å². The Hall–Kier alpha value is -0.950. The van der Waals surface area contributed by atoms with Gasteiger partial charge < -0.3 is 4.57 Å². The third kappa shape index (κ3) is 4.06. The Morgan fingerprint density at radius 2 is 2.00 bits per heavy atom. The molecule has 0 saturated carbocycles. The van der Waals surface area contributed by atoms with E-state index in [2.05, 4.69) is 32.5 Å². The van der Waals surface area contributed by atoms with E-state index in [0.29, 0.717) is 10.3 Å². The normalized spacial score (nSPS) is 11.8. The van der Waals surface area contributed by atoms with Gasteiger partial charge in [-0.05, 0) is 22.9 Å². The maximum absolute atomic E-state index is 11.6. The molecule has 0 aromatic carbocycles. The third-order valence-electron chi connectivity index (χ3n) is 1.84. The molecular weight excluding hydrogens is 318 g/mol. The Balaban J connectivity index is 0.00000137. The average molecular weight is 336 g/mol. The second-order valence-corrected chi connectivity index (χ2v) is 6.04. The Bertz CT molecular complexity index is 603. The molecule has 5 nitrogen and oxygen atoms in total. The lowest BCUT2D eigenvalue weighted by Gasteiger charge is -2.09. The minimum absolute atomic E-state index is 0.0626. The van der Waals surface area contributed by atoms with Crippen molar-refractivity contribution in [2.75, 3.05) is 13.3 Å². The van der Waals surface area contributed by atoms with Crippen LogP contribution in [0.1, 0.15) is 20.8 Å². The van der Waals surface area contributed by atoms with Crippen molar-refractivity contribution in [3.63, 3.8) is 0 Å². The quantitative estimate of drug-likeness (QED) is 0.831. The summed E-state index contributed by atoms with van der Waals surface area (Å²) < 4.78 is 25.1. The van der Waals surface area contributed by atoms with Crippen LogP contribution >= 0.6 is 15.9 Å². The molecule has 0 bridgehead atoms. The Kier molecular flexibility index (Phi) is 6.48. The highest BCUT2D eigenvalue weighted by Gasteiger charge is 2.15. The number of nitrogens with zero attached hydrogens (tertiary/aromatic N) is 3. The van der Waals surface area contributed by atoms with Gasteiger partial charge in [-0.15, -0.1) is 0 Å². The smallest absolute Gasteiger partial charge is 0.199 e. The first kappa shape index (κ1) is 17.1. The van der Waals surface area contributed by atoms with Gasteiger partial charge in [0.25, 0.3) is 0 Å². The monoisotopic (exact) mass is 335 g/mol. The van der Waals surface area contributed by atoms with Crippen LogP contribution in [0.2, 0.25) is 0 Å². The van der Waals surface area contributed by atoms with E-state index in [1.807, 2.05) is 13.8 Å². The van der Waals surface area contributed by atoms with E-state index in [0.717, 1.165) is 6.26 Å². The number of halogens is 1. The lowest BCUT2D eigenvalue weighted by molar-refractivity contribution is 0.593. The van der Waals surface area contributed by atoms with Crippen LogP contribution in [0.25, 0.3) is 5.70 Å². The van der Waals surface area contributed by atoms with Crippen LogP contribution in [-0.4, -0.2) is 31.3 Å². The number of hydrogen-bond donors (Lipinski definition) is 0. The van der Waals surface area contributed by atoms with Gasteiger partial charge in [0.15, 0.2) is 20.4 Å². The fourth-order valence-electron chi connectivity index (χ4n) is 1.19. The third-order valence-corrected chi connectivity index (χ3v) is 3.20. The molecule has 18 heavy (non-hydrogen) atoms. The minimum atomic E-state index is -3.42. The van der Waals surface area contributed by atoms with Crippen LogP contribution in [0.5, 0.6) is 0 Å². The summed E-state index contributed by atoms with van der Waals surface area (Å²) in [6.45, 7) is 9.51. The molecule has 0 aliphatic rings. The molecule has 1 aromatic rings. The maximum Gasteiger partial charge on any atom is 0.199 e. The van der Waals surface area contributed by atoms with Crippen LogP contribution < -0.4 is 5.49 Å². The van der Waals surface area contributed by atoms with Crippen LogP contribution in [0.4, 0.5) is 0 Å². The van der Waals surface area contributed by atoms with Crippen molar-refractivity contribution < 1.29 is 8.42 Å². The molecule has 0 aliphatic heterocycles. The molecule has 0 spiro atoms. The minimum Gasteiger partial charge on any atom is -0.302 e. The number of allylic oxidation sites excluding steroid dienone is 1. The number of aromatic nitrogens is 2. The van der Waals surface area contributed by atoms with Gasteiger partial charge in [0.2, 0.25) is 0 Å². The van der Waals surface area contributed by atoms with Crippen molar-refractivity contribution in [3.05, 3.63) is 22.9 Å².